The molecule has 0 bridgehead atoms. The summed E-state index contributed by atoms with van der Waals surface area (Å²) in [5.74, 6) is -0.770. The standard InChI is InChI=1S/C11H20O3/c1-7(2)6-9(12)10(8(3)4)11(13)14-5/h6,8-10,12H,1-5H3/t9-,10?/m1/s1. The second-order valence-corrected chi connectivity index (χ2v) is 4.03. The molecule has 0 aliphatic carbocycles. The maximum absolute atomic E-state index is 11.4. The van der Waals surface area contributed by atoms with Gasteiger partial charge in [-0.3, -0.25) is 4.79 Å². The summed E-state index contributed by atoms with van der Waals surface area (Å²) >= 11 is 0. The van der Waals surface area contributed by atoms with Gasteiger partial charge in [-0.2, -0.15) is 0 Å². The molecule has 3 nitrogen and oxygen atoms in total. The van der Waals surface area contributed by atoms with Crippen LogP contribution < -0.4 is 0 Å². The Morgan fingerprint density at radius 3 is 2.14 bits per heavy atom. The molecular formula is C11H20O3. The van der Waals surface area contributed by atoms with Crippen LogP contribution in [-0.4, -0.2) is 24.3 Å². The topological polar surface area (TPSA) is 46.5 Å². The molecule has 0 aromatic carbocycles. The monoisotopic (exact) mass is 200 g/mol. The number of ether oxygens (including phenoxy) is 1. The number of carbonyl (C=O) groups excluding carboxylic acids is 1. The lowest BCUT2D eigenvalue weighted by molar-refractivity contribution is -0.150. The molecule has 0 radical (unpaired) electrons. The number of aliphatic hydroxyl groups excluding tert-OH is 1. The van der Waals surface area contributed by atoms with E-state index in [0.29, 0.717) is 0 Å². The number of carbonyl (C=O) groups is 1. The van der Waals surface area contributed by atoms with Gasteiger partial charge in [-0.05, 0) is 19.8 Å². The van der Waals surface area contributed by atoms with Gasteiger partial charge in [-0.25, -0.2) is 0 Å². The molecule has 0 spiro atoms. The molecule has 2 atom stereocenters. The molecule has 0 aromatic heterocycles. The van der Waals surface area contributed by atoms with Crippen LogP contribution in [0.3, 0.4) is 0 Å². The van der Waals surface area contributed by atoms with Gasteiger partial charge in [0.2, 0.25) is 0 Å². The molecule has 14 heavy (non-hydrogen) atoms. The van der Waals surface area contributed by atoms with Crippen molar-refractivity contribution in [2.75, 3.05) is 7.11 Å². The highest BCUT2D eigenvalue weighted by atomic mass is 16.5. The molecule has 0 amide bonds. The number of hydrogen-bond acceptors (Lipinski definition) is 3. The summed E-state index contributed by atoms with van der Waals surface area (Å²) in [6.07, 6.45) is 0.925. The molecule has 0 aliphatic heterocycles. The molecule has 0 fully saturated rings. The third kappa shape index (κ3) is 3.92. The second-order valence-electron chi connectivity index (χ2n) is 4.03. The van der Waals surface area contributed by atoms with E-state index in [1.165, 1.54) is 7.11 Å². The Bertz CT molecular complexity index is 215. The highest BCUT2D eigenvalue weighted by Gasteiger charge is 2.29. The first-order valence-electron chi connectivity index (χ1n) is 4.81. The zero-order valence-corrected chi connectivity index (χ0v) is 9.57. The Balaban J connectivity index is 4.66. The molecule has 0 aromatic rings. The van der Waals surface area contributed by atoms with Gasteiger partial charge in [0.1, 0.15) is 0 Å². The molecule has 3 heteroatoms. The number of rotatable bonds is 4. The largest absolute Gasteiger partial charge is 0.469 e. The van der Waals surface area contributed by atoms with Crippen LogP contribution in [0.4, 0.5) is 0 Å². The van der Waals surface area contributed by atoms with Crippen LogP contribution in [0.1, 0.15) is 27.7 Å². The molecular weight excluding hydrogens is 180 g/mol. The Morgan fingerprint density at radius 1 is 1.36 bits per heavy atom. The number of methoxy groups -OCH3 is 1. The maximum atomic E-state index is 11.4. The maximum Gasteiger partial charge on any atom is 0.311 e. The Labute approximate surface area is 85.8 Å². The van der Waals surface area contributed by atoms with E-state index < -0.39 is 12.0 Å². The molecule has 1 N–H and O–H groups in total. The van der Waals surface area contributed by atoms with Crippen molar-refractivity contribution in [3.63, 3.8) is 0 Å². The third-order valence-corrected chi connectivity index (χ3v) is 2.06. The summed E-state index contributed by atoms with van der Waals surface area (Å²) in [5, 5.41) is 9.77. The lowest BCUT2D eigenvalue weighted by Crippen LogP contribution is -2.32. The van der Waals surface area contributed by atoms with E-state index in [0.717, 1.165) is 5.57 Å². The predicted molar refractivity (Wildman–Crippen MR) is 55.8 cm³/mol. The normalized spacial score (nSPS) is 14.8. The van der Waals surface area contributed by atoms with Crippen LogP contribution in [0, 0.1) is 11.8 Å². The molecule has 82 valence electrons. The van der Waals surface area contributed by atoms with E-state index in [1.54, 1.807) is 6.08 Å². The predicted octanol–water partition coefficient (Wildman–Crippen LogP) is 1.76. The average molecular weight is 200 g/mol. The van der Waals surface area contributed by atoms with Gasteiger partial charge in [-0.1, -0.05) is 25.5 Å². The van der Waals surface area contributed by atoms with Gasteiger partial charge in [0.05, 0.1) is 19.1 Å². The average Bonchev–Trinajstić information content (AvgIpc) is 2.01. The van der Waals surface area contributed by atoms with Crippen molar-refractivity contribution >= 4 is 5.97 Å². The molecule has 0 heterocycles. The Kier molecular flexibility index (Phi) is 5.46. The fraction of sp³-hybridized carbons (Fsp3) is 0.727. The first kappa shape index (κ1) is 13.2. The first-order valence-corrected chi connectivity index (χ1v) is 4.81. The summed E-state index contributed by atoms with van der Waals surface area (Å²) in [6.45, 7) is 7.56. The van der Waals surface area contributed by atoms with Crippen LogP contribution in [0.2, 0.25) is 0 Å². The van der Waals surface area contributed by atoms with Gasteiger partial charge < -0.3 is 9.84 Å². The lowest BCUT2D eigenvalue weighted by Gasteiger charge is -2.21. The summed E-state index contributed by atoms with van der Waals surface area (Å²) in [4.78, 5) is 11.4. The SMILES string of the molecule is COC(=O)C(C(C)C)[C@H](O)C=C(C)C. The third-order valence-electron chi connectivity index (χ3n) is 2.06. The Morgan fingerprint density at radius 2 is 1.86 bits per heavy atom. The van der Waals surface area contributed by atoms with Crippen LogP contribution >= 0.6 is 0 Å². The molecule has 1 unspecified atom stereocenters. The van der Waals surface area contributed by atoms with Crippen molar-refractivity contribution in [1.29, 1.82) is 0 Å². The fourth-order valence-electron chi connectivity index (χ4n) is 1.39. The fourth-order valence-corrected chi connectivity index (χ4v) is 1.39. The zero-order valence-electron chi connectivity index (χ0n) is 9.57. The van der Waals surface area contributed by atoms with Crippen molar-refractivity contribution in [3.8, 4) is 0 Å². The highest BCUT2D eigenvalue weighted by molar-refractivity contribution is 5.73. The number of allylic oxidation sites excluding steroid dienone is 1. The second kappa shape index (κ2) is 5.81. The zero-order chi connectivity index (χ0) is 11.3. The number of esters is 1. The smallest absolute Gasteiger partial charge is 0.311 e. The van der Waals surface area contributed by atoms with Gasteiger partial charge >= 0.3 is 5.97 Å². The molecule has 0 saturated heterocycles. The quantitative estimate of drug-likeness (QED) is 0.555. The van der Waals surface area contributed by atoms with Crippen LogP contribution in [0.25, 0.3) is 0 Å². The number of hydrogen-bond donors (Lipinski definition) is 1. The van der Waals surface area contributed by atoms with Gasteiger partial charge in [0, 0.05) is 0 Å². The Hall–Kier alpha value is -0.830. The van der Waals surface area contributed by atoms with E-state index >= 15 is 0 Å². The minimum absolute atomic E-state index is 0.0630. The van der Waals surface area contributed by atoms with Gasteiger partial charge in [0.15, 0.2) is 0 Å². The van der Waals surface area contributed by atoms with Crippen LogP contribution in [-0.2, 0) is 9.53 Å². The van der Waals surface area contributed by atoms with E-state index in [9.17, 15) is 9.90 Å². The van der Waals surface area contributed by atoms with Crippen LogP contribution in [0.5, 0.6) is 0 Å². The van der Waals surface area contributed by atoms with E-state index in [-0.39, 0.29) is 11.9 Å². The summed E-state index contributed by atoms with van der Waals surface area (Å²) in [5.41, 5.74) is 0.993. The molecule has 0 saturated carbocycles. The minimum atomic E-state index is -0.757. The van der Waals surface area contributed by atoms with Crippen molar-refractivity contribution < 1.29 is 14.6 Å². The first-order chi connectivity index (χ1) is 6.40. The van der Waals surface area contributed by atoms with Crippen molar-refractivity contribution in [3.05, 3.63) is 11.6 Å². The van der Waals surface area contributed by atoms with E-state index in [1.807, 2.05) is 27.7 Å². The summed E-state index contributed by atoms with van der Waals surface area (Å²) < 4.78 is 4.65. The molecule has 0 aliphatic rings. The van der Waals surface area contributed by atoms with Crippen molar-refractivity contribution in [2.45, 2.75) is 33.8 Å². The summed E-state index contributed by atoms with van der Waals surface area (Å²) in [6, 6.07) is 0. The van der Waals surface area contributed by atoms with E-state index in [2.05, 4.69) is 4.74 Å². The van der Waals surface area contributed by atoms with E-state index in [4.69, 9.17) is 0 Å². The summed E-state index contributed by atoms with van der Waals surface area (Å²) in [7, 11) is 1.34. The van der Waals surface area contributed by atoms with Crippen LogP contribution in [0.15, 0.2) is 11.6 Å². The number of aliphatic hydroxyl groups is 1. The van der Waals surface area contributed by atoms with Gasteiger partial charge in [0.25, 0.3) is 0 Å². The molecule has 0 rings (SSSR count). The highest BCUT2D eigenvalue weighted by Crippen LogP contribution is 2.19. The van der Waals surface area contributed by atoms with Crippen molar-refractivity contribution in [1.82, 2.24) is 0 Å². The minimum Gasteiger partial charge on any atom is -0.469 e. The lowest BCUT2D eigenvalue weighted by atomic mass is 9.89. The van der Waals surface area contributed by atoms with Gasteiger partial charge in [-0.15, -0.1) is 0 Å². The van der Waals surface area contributed by atoms with Crippen molar-refractivity contribution in [2.24, 2.45) is 11.8 Å².